The Bertz CT molecular complexity index is 433. The first-order valence-corrected chi connectivity index (χ1v) is 7.04. The Morgan fingerprint density at radius 1 is 1.47 bits per heavy atom. The number of hydrogen-bond acceptors (Lipinski definition) is 4. The molecule has 1 rings (SSSR count). The van der Waals surface area contributed by atoms with E-state index < -0.39 is 16.1 Å². The predicted octanol–water partition coefficient (Wildman–Crippen LogP) is 0.767. The molecule has 0 fully saturated rings. The largest absolute Gasteiger partial charge is 0.391 e. The first kappa shape index (κ1) is 14.1. The second-order valence-corrected chi connectivity index (χ2v) is 5.69. The lowest BCUT2D eigenvalue weighted by atomic mass is 10.0. The average molecular weight is 258 g/mol. The highest BCUT2D eigenvalue weighted by Crippen LogP contribution is 2.08. The zero-order valence-corrected chi connectivity index (χ0v) is 10.8. The molecule has 96 valence electrons. The molecule has 6 heteroatoms. The van der Waals surface area contributed by atoms with E-state index in [9.17, 15) is 13.5 Å². The summed E-state index contributed by atoms with van der Waals surface area (Å²) in [6.45, 7) is 3.83. The summed E-state index contributed by atoms with van der Waals surface area (Å²) < 4.78 is 25.9. The molecular weight excluding hydrogens is 240 g/mol. The molecule has 2 unspecified atom stereocenters. The van der Waals surface area contributed by atoms with Gasteiger partial charge in [0.05, 0.1) is 6.10 Å². The molecule has 0 aliphatic rings. The van der Waals surface area contributed by atoms with Crippen molar-refractivity contribution < 1.29 is 13.5 Å². The summed E-state index contributed by atoms with van der Waals surface area (Å²) in [5.41, 5.74) is 0. The van der Waals surface area contributed by atoms with E-state index in [4.69, 9.17) is 0 Å². The fourth-order valence-corrected chi connectivity index (χ4v) is 2.24. The van der Waals surface area contributed by atoms with Crippen LogP contribution in [0.2, 0.25) is 0 Å². The molecule has 1 aromatic rings. The van der Waals surface area contributed by atoms with Crippen LogP contribution in [0.1, 0.15) is 20.3 Å². The van der Waals surface area contributed by atoms with Gasteiger partial charge in [-0.3, -0.25) is 0 Å². The molecule has 0 aliphatic carbocycles. The molecule has 17 heavy (non-hydrogen) atoms. The molecule has 0 saturated carbocycles. The minimum absolute atomic E-state index is 0.00785. The van der Waals surface area contributed by atoms with E-state index in [0.717, 1.165) is 6.42 Å². The number of aliphatic hydroxyl groups is 1. The van der Waals surface area contributed by atoms with Crippen molar-refractivity contribution in [1.29, 1.82) is 0 Å². The normalized spacial score (nSPS) is 15.5. The molecule has 2 atom stereocenters. The summed E-state index contributed by atoms with van der Waals surface area (Å²) in [4.78, 5) is 3.76. The van der Waals surface area contributed by atoms with Gasteiger partial charge in [0.25, 0.3) is 10.0 Å². The average Bonchev–Trinajstić information content (AvgIpc) is 2.36. The minimum atomic E-state index is -3.62. The second-order valence-electron chi connectivity index (χ2n) is 3.97. The van der Waals surface area contributed by atoms with E-state index in [-0.39, 0.29) is 17.5 Å². The molecule has 5 nitrogen and oxygen atoms in total. The molecule has 0 aromatic carbocycles. The summed E-state index contributed by atoms with van der Waals surface area (Å²) in [6.07, 6.45) is 1.53. The van der Waals surface area contributed by atoms with E-state index in [1.165, 1.54) is 12.3 Å². The van der Waals surface area contributed by atoms with Crippen LogP contribution in [0.15, 0.2) is 29.4 Å². The summed E-state index contributed by atoms with van der Waals surface area (Å²) in [5, 5.41) is 9.65. The molecule has 1 heterocycles. The second kappa shape index (κ2) is 6.09. The third-order valence-corrected chi connectivity index (χ3v) is 4.04. The fraction of sp³-hybridized carbons (Fsp3) is 0.545. The van der Waals surface area contributed by atoms with Crippen LogP contribution in [-0.4, -0.2) is 31.2 Å². The third-order valence-electron chi connectivity index (χ3n) is 2.70. The first-order chi connectivity index (χ1) is 7.97. The van der Waals surface area contributed by atoms with Crippen molar-refractivity contribution in [2.24, 2.45) is 5.92 Å². The summed E-state index contributed by atoms with van der Waals surface area (Å²) in [6, 6.07) is 4.66. The van der Waals surface area contributed by atoms with Crippen molar-refractivity contribution in [3.8, 4) is 0 Å². The Morgan fingerprint density at radius 3 is 2.71 bits per heavy atom. The molecule has 2 N–H and O–H groups in total. The maximum atomic E-state index is 11.8. The molecule has 0 saturated heterocycles. The van der Waals surface area contributed by atoms with Crippen LogP contribution >= 0.6 is 0 Å². The lowest BCUT2D eigenvalue weighted by Gasteiger charge is -2.17. The smallest absolute Gasteiger partial charge is 0.258 e. The van der Waals surface area contributed by atoms with Crippen LogP contribution in [0.4, 0.5) is 0 Å². The van der Waals surface area contributed by atoms with Gasteiger partial charge >= 0.3 is 0 Å². The molecule has 1 aromatic heterocycles. The lowest BCUT2D eigenvalue weighted by molar-refractivity contribution is 0.118. The Morgan fingerprint density at radius 2 is 2.18 bits per heavy atom. The van der Waals surface area contributed by atoms with Gasteiger partial charge in [0, 0.05) is 12.7 Å². The van der Waals surface area contributed by atoms with E-state index in [1.54, 1.807) is 12.1 Å². The van der Waals surface area contributed by atoms with Crippen LogP contribution in [0.25, 0.3) is 0 Å². The number of nitrogens with one attached hydrogen (secondary N) is 1. The van der Waals surface area contributed by atoms with Gasteiger partial charge in [0.1, 0.15) is 0 Å². The molecule has 0 spiro atoms. The molecular formula is C11H18N2O3S. The van der Waals surface area contributed by atoms with Gasteiger partial charge in [-0.2, -0.15) is 0 Å². The Hall–Kier alpha value is -0.980. The molecule has 0 aliphatic heterocycles. The van der Waals surface area contributed by atoms with Crippen LogP contribution in [0, 0.1) is 5.92 Å². The predicted molar refractivity (Wildman–Crippen MR) is 64.9 cm³/mol. The third kappa shape index (κ3) is 4.07. The summed E-state index contributed by atoms with van der Waals surface area (Å²) in [5.74, 6) is 0.0569. The zero-order valence-electron chi connectivity index (χ0n) is 10.00. The number of pyridine rings is 1. The number of sulfonamides is 1. The fourth-order valence-electron chi connectivity index (χ4n) is 1.25. The number of nitrogens with zero attached hydrogens (tertiary/aromatic N) is 1. The van der Waals surface area contributed by atoms with Crippen molar-refractivity contribution >= 4 is 10.0 Å². The van der Waals surface area contributed by atoms with Gasteiger partial charge in [0.15, 0.2) is 5.03 Å². The van der Waals surface area contributed by atoms with Crippen LogP contribution < -0.4 is 4.72 Å². The monoisotopic (exact) mass is 258 g/mol. The van der Waals surface area contributed by atoms with Crippen molar-refractivity contribution in [2.45, 2.75) is 31.4 Å². The minimum Gasteiger partial charge on any atom is -0.391 e. The molecule has 0 amide bonds. The SMILES string of the molecule is CCC(C)C(O)CNS(=O)(=O)c1ccccn1. The lowest BCUT2D eigenvalue weighted by Crippen LogP contribution is -2.35. The van der Waals surface area contributed by atoms with Crippen molar-refractivity contribution in [1.82, 2.24) is 9.71 Å². The Kier molecular flexibility index (Phi) is 5.04. The maximum Gasteiger partial charge on any atom is 0.258 e. The quantitative estimate of drug-likeness (QED) is 0.790. The zero-order chi connectivity index (χ0) is 12.9. The summed E-state index contributed by atoms with van der Waals surface area (Å²) >= 11 is 0. The highest BCUT2D eigenvalue weighted by molar-refractivity contribution is 7.89. The van der Waals surface area contributed by atoms with Gasteiger partial charge < -0.3 is 5.11 Å². The molecule has 0 bridgehead atoms. The highest BCUT2D eigenvalue weighted by atomic mass is 32.2. The maximum absolute atomic E-state index is 11.8. The van der Waals surface area contributed by atoms with Crippen molar-refractivity contribution in [3.05, 3.63) is 24.4 Å². The van der Waals surface area contributed by atoms with Crippen LogP contribution in [-0.2, 0) is 10.0 Å². The number of aromatic nitrogens is 1. The number of aliphatic hydroxyl groups excluding tert-OH is 1. The molecule has 0 radical (unpaired) electrons. The van der Waals surface area contributed by atoms with E-state index in [1.807, 2.05) is 13.8 Å². The standard InChI is InChI=1S/C11H18N2O3S/c1-3-9(2)10(14)8-13-17(15,16)11-6-4-5-7-12-11/h4-7,9-10,13-14H,3,8H2,1-2H3. The van der Waals surface area contributed by atoms with Crippen molar-refractivity contribution in [2.75, 3.05) is 6.54 Å². The van der Waals surface area contributed by atoms with Crippen LogP contribution in [0.5, 0.6) is 0 Å². The highest BCUT2D eigenvalue weighted by Gasteiger charge is 2.19. The van der Waals surface area contributed by atoms with Gasteiger partial charge in [0.2, 0.25) is 0 Å². The topological polar surface area (TPSA) is 79.3 Å². The van der Waals surface area contributed by atoms with E-state index in [2.05, 4.69) is 9.71 Å². The number of rotatable bonds is 6. The van der Waals surface area contributed by atoms with Crippen LogP contribution in [0.3, 0.4) is 0 Å². The number of hydrogen-bond donors (Lipinski definition) is 2. The Labute approximate surface area is 102 Å². The van der Waals surface area contributed by atoms with Crippen molar-refractivity contribution in [3.63, 3.8) is 0 Å². The van der Waals surface area contributed by atoms with E-state index in [0.29, 0.717) is 0 Å². The van der Waals surface area contributed by atoms with E-state index >= 15 is 0 Å². The van der Waals surface area contributed by atoms with Gasteiger partial charge in [-0.05, 0) is 18.1 Å². The van der Waals surface area contributed by atoms with Gasteiger partial charge in [-0.1, -0.05) is 26.3 Å². The summed E-state index contributed by atoms with van der Waals surface area (Å²) in [7, 11) is -3.62. The first-order valence-electron chi connectivity index (χ1n) is 5.56. The Balaban J connectivity index is 2.63. The van der Waals surface area contributed by atoms with Gasteiger partial charge in [-0.15, -0.1) is 0 Å². The van der Waals surface area contributed by atoms with Gasteiger partial charge in [-0.25, -0.2) is 18.1 Å².